The minimum absolute atomic E-state index is 0.825. The van der Waals surface area contributed by atoms with Gasteiger partial charge < -0.3 is 5.73 Å². The molecule has 0 atom stereocenters. The van der Waals surface area contributed by atoms with Gasteiger partial charge in [-0.25, -0.2) is 0 Å². The van der Waals surface area contributed by atoms with Crippen molar-refractivity contribution in [2.45, 2.75) is 32.1 Å². The Hall–Kier alpha value is -3.35. The van der Waals surface area contributed by atoms with Crippen LogP contribution in [0.4, 0.5) is 5.69 Å². The van der Waals surface area contributed by atoms with Crippen molar-refractivity contribution in [3.63, 3.8) is 0 Å². The lowest BCUT2D eigenvalue weighted by Crippen LogP contribution is -2.07. The Morgan fingerprint density at radius 2 is 1.87 bits per heavy atom. The predicted octanol–water partition coefficient (Wildman–Crippen LogP) is 7.22. The van der Waals surface area contributed by atoms with Crippen molar-refractivity contribution in [1.29, 1.82) is 5.26 Å². The molecule has 3 heteroatoms. The van der Waals surface area contributed by atoms with Gasteiger partial charge in [0.2, 0.25) is 0 Å². The van der Waals surface area contributed by atoms with Crippen molar-refractivity contribution >= 4 is 39.4 Å². The molecule has 2 aromatic carbocycles. The molecule has 0 aliphatic heterocycles. The molecular formula is C28H24N2S. The number of nitrogens with two attached hydrogens (primary N) is 1. The molecular weight excluding hydrogens is 396 g/mol. The van der Waals surface area contributed by atoms with Crippen molar-refractivity contribution in [1.82, 2.24) is 0 Å². The Bertz CT molecular complexity index is 1330. The number of aryl methyl sites for hydroxylation is 1. The quantitative estimate of drug-likeness (QED) is 0.390. The lowest BCUT2D eigenvalue weighted by Gasteiger charge is -2.25. The van der Waals surface area contributed by atoms with Crippen LogP contribution < -0.4 is 5.73 Å². The number of thiophene rings is 1. The molecule has 0 spiro atoms. The van der Waals surface area contributed by atoms with Gasteiger partial charge in [-0.3, -0.25) is 0 Å². The van der Waals surface area contributed by atoms with Crippen LogP contribution in [0.25, 0.3) is 22.4 Å². The Morgan fingerprint density at radius 3 is 2.77 bits per heavy atom. The van der Waals surface area contributed by atoms with Crippen molar-refractivity contribution in [3.8, 4) is 6.07 Å². The Kier molecular flexibility index (Phi) is 5.32. The van der Waals surface area contributed by atoms with Gasteiger partial charge in [0.05, 0.1) is 5.56 Å². The van der Waals surface area contributed by atoms with E-state index in [0.29, 0.717) is 0 Å². The van der Waals surface area contributed by atoms with Crippen LogP contribution in [0.1, 0.15) is 46.4 Å². The van der Waals surface area contributed by atoms with E-state index in [0.717, 1.165) is 17.7 Å². The molecule has 6 rings (SSSR count). The van der Waals surface area contributed by atoms with Gasteiger partial charge in [0, 0.05) is 15.9 Å². The molecule has 1 heterocycles. The van der Waals surface area contributed by atoms with Gasteiger partial charge in [-0.15, -0.1) is 11.3 Å². The predicted molar refractivity (Wildman–Crippen MR) is 133 cm³/mol. The van der Waals surface area contributed by atoms with E-state index in [2.05, 4.69) is 54.6 Å². The summed E-state index contributed by atoms with van der Waals surface area (Å²) < 4.78 is 0. The molecule has 152 valence electrons. The van der Waals surface area contributed by atoms with Gasteiger partial charge in [-0.2, -0.15) is 5.26 Å². The van der Waals surface area contributed by atoms with Gasteiger partial charge in [0.25, 0.3) is 0 Å². The summed E-state index contributed by atoms with van der Waals surface area (Å²) in [6.45, 7) is 0. The van der Waals surface area contributed by atoms with Crippen molar-refractivity contribution in [2.75, 3.05) is 5.73 Å². The first-order valence-corrected chi connectivity index (χ1v) is 11.7. The van der Waals surface area contributed by atoms with Crippen LogP contribution in [0.2, 0.25) is 0 Å². The second-order valence-electron chi connectivity index (χ2n) is 8.13. The molecule has 0 fully saturated rings. The zero-order chi connectivity index (χ0) is 21.2. The van der Waals surface area contributed by atoms with Crippen LogP contribution >= 0.6 is 11.3 Å². The number of rotatable bonds is 0. The minimum atomic E-state index is 0.825. The molecule has 31 heavy (non-hydrogen) atoms. The zero-order valence-corrected chi connectivity index (χ0v) is 18.2. The van der Waals surface area contributed by atoms with E-state index in [1.54, 1.807) is 16.9 Å². The summed E-state index contributed by atoms with van der Waals surface area (Å²) in [5.41, 5.74) is 14.8. The monoisotopic (exact) mass is 420 g/mol. The first kappa shape index (κ1) is 19.6. The topological polar surface area (TPSA) is 49.8 Å². The highest BCUT2D eigenvalue weighted by atomic mass is 32.1. The van der Waals surface area contributed by atoms with E-state index in [1.165, 1.54) is 63.6 Å². The third-order valence-corrected chi connectivity index (χ3v) is 7.25. The average Bonchev–Trinajstić information content (AvgIpc) is 3.05. The number of hydrogen-bond donors (Lipinski definition) is 1. The van der Waals surface area contributed by atoms with E-state index in [1.807, 2.05) is 23.6 Å². The van der Waals surface area contributed by atoms with Crippen LogP contribution in [0, 0.1) is 11.3 Å². The Balaban J connectivity index is 0.000000147. The highest BCUT2D eigenvalue weighted by molar-refractivity contribution is 7.11. The number of allylic oxidation sites excluding steroid dienone is 7. The van der Waals surface area contributed by atoms with Crippen molar-refractivity contribution in [3.05, 3.63) is 98.8 Å². The molecule has 0 radical (unpaired) electrons. The van der Waals surface area contributed by atoms with Gasteiger partial charge in [0.1, 0.15) is 6.07 Å². The van der Waals surface area contributed by atoms with Crippen LogP contribution in [-0.2, 0) is 12.8 Å². The number of anilines is 1. The number of hydrogen-bond acceptors (Lipinski definition) is 3. The molecule has 2 N–H and O–H groups in total. The maximum absolute atomic E-state index is 8.78. The molecule has 0 saturated heterocycles. The molecule has 0 unspecified atom stereocenters. The van der Waals surface area contributed by atoms with Crippen molar-refractivity contribution < 1.29 is 0 Å². The van der Waals surface area contributed by atoms with Crippen LogP contribution in [-0.4, -0.2) is 0 Å². The summed E-state index contributed by atoms with van der Waals surface area (Å²) in [5.74, 6) is 0. The molecule has 0 amide bonds. The Labute approximate surface area is 187 Å². The molecule has 0 saturated carbocycles. The second kappa shape index (κ2) is 8.41. The first-order valence-electron chi connectivity index (χ1n) is 10.8. The molecule has 1 aromatic heterocycles. The van der Waals surface area contributed by atoms with Crippen molar-refractivity contribution in [2.24, 2.45) is 0 Å². The third kappa shape index (κ3) is 3.76. The number of fused-ring (bicyclic) bond motifs is 5. The number of nitrogens with zero attached hydrogens (tertiary/aromatic N) is 1. The SMILES string of the molecule is N#Cc1csc2c1CC=CC=C2.Nc1ccc2c3c(ccc2c1)C1=C(CCC=C1)CC3. The molecule has 0 bridgehead atoms. The molecule has 3 aliphatic carbocycles. The summed E-state index contributed by atoms with van der Waals surface area (Å²) >= 11 is 1.64. The second-order valence-corrected chi connectivity index (χ2v) is 9.04. The zero-order valence-electron chi connectivity index (χ0n) is 17.4. The fourth-order valence-electron chi connectivity index (χ4n) is 4.71. The lowest BCUT2D eigenvalue weighted by molar-refractivity contribution is 0.831. The molecule has 3 aromatic rings. The third-order valence-electron chi connectivity index (χ3n) is 6.26. The van der Waals surface area contributed by atoms with Crippen LogP contribution in [0.15, 0.2) is 71.7 Å². The number of nitrogen functional groups attached to an aromatic ring is 1. The fourth-order valence-corrected chi connectivity index (χ4v) is 5.64. The summed E-state index contributed by atoms with van der Waals surface area (Å²) in [7, 11) is 0. The lowest BCUT2D eigenvalue weighted by atomic mass is 9.79. The van der Waals surface area contributed by atoms with Gasteiger partial charge in [-0.05, 0) is 83.3 Å². The van der Waals surface area contributed by atoms with E-state index < -0.39 is 0 Å². The molecule has 3 aliphatic rings. The summed E-state index contributed by atoms with van der Waals surface area (Å²) in [5, 5.41) is 13.3. The Morgan fingerprint density at radius 1 is 0.935 bits per heavy atom. The van der Waals surface area contributed by atoms with E-state index in [-0.39, 0.29) is 0 Å². The number of nitriles is 1. The summed E-state index contributed by atoms with van der Waals surface area (Å²) in [6.07, 6.45) is 18.5. The standard InChI is InChI=1S/C18H17N.C10H7NS/c19-14-7-10-16-13(11-14)6-9-17-15-4-2-1-3-12(15)5-8-18(16)17;11-6-8-7-12-10-5-3-1-2-4-9(8)10/h2,4,6-7,9-11H,1,3,5,8,19H2;1-3,5,7H,4H2. The van der Waals surface area contributed by atoms with E-state index in [9.17, 15) is 0 Å². The largest absolute Gasteiger partial charge is 0.399 e. The van der Waals surface area contributed by atoms with Gasteiger partial charge >= 0.3 is 0 Å². The van der Waals surface area contributed by atoms with Gasteiger partial charge in [0.15, 0.2) is 0 Å². The van der Waals surface area contributed by atoms with E-state index in [4.69, 9.17) is 11.0 Å². The minimum Gasteiger partial charge on any atom is -0.399 e. The number of benzene rings is 2. The van der Waals surface area contributed by atoms with Gasteiger partial charge in [-0.1, -0.05) is 54.2 Å². The maximum atomic E-state index is 8.78. The average molecular weight is 421 g/mol. The maximum Gasteiger partial charge on any atom is 0.100 e. The fraction of sp³-hybridized carbons (Fsp3) is 0.179. The first-order chi connectivity index (χ1) is 15.2. The van der Waals surface area contributed by atoms with Crippen LogP contribution in [0.3, 0.4) is 0 Å². The van der Waals surface area contributed by atoms with E-state index >= 15 is 0 Å². The summed E-state index contributed by atoms with van der Waals surface area (Å²) in [6, 6.07) is 13.0. The normalized spacial score (nSPS) is 16.0. The molecule has 2 nitrogen and oxygen atoms in total. The summed E-state index contributed by atoms with van der Waals surface area (Å²) in [4.78, 5) is 1.22. The van der Waals surface area contributed by atoms with Crippen LogP contribution in [0.5, 0.6) is 0 Å². The smallest absolute Gasteiger partial charge is 0.100 e. The highest BCUT2D eigenvalue weighted by Crippen LogP contribution is 2.40. The highest BCUT2D eigenvalue weighted by Gasteiger charge is 2.20.